The first-order valence-corrected chi connectivity index (χ1v) is 11.4. The molecule has 6 nitrogen and oxygen atoms in total. The third-order valence-electron chi connectivity index (χ3n) is 5.44. The molecule has 31 heavy (non-hydrogen) atoms. The first-order chi connectivity index (χ1) is 15.0. The molecule has 9 heteroatoms. The summed E-state index contributed by atoms with van der Waals surface area (Å²) in [7, 11) is 0. The molecule has 158 valence electrons. The molecule has 2 aromatic heterocycles. The Morgan fingerprint density at radius 3 is 2.48 bits per heavy atom. The molecule has 1 fully saturated rings. The second-order valence-corrected chi connectivity index (χ2v) is 9.19. The molecule has 1 aliphatic rings. The normalized spacial score (nSPS) is 14.4. The van der Waals surface area contributed by atoms with Crippen LogP contribution in [0.5, 0.6) is 0 Å². The van der Waals surface area contributed by atoms with Crippen molar-refractivity contribution in [2.24, 2.45) is 0 Å². The van der Waals surface area contributed by atoms with Gasteiger partial charge < -0.3 is 19.5 Å². The van der Waals surface area contributed by atoms with Gasteiger partial charge in [-0.3, -0.25) is 0 Å². The number of hydrogen-bond acceptors (Lipinski definition) is 3. The molecule has 1 saturated heterocycles. The fourth-order valence-electron chi connectivity index (χ4n) is 3.87. The van der Waals surface area contributed by atoms with Gasteiger partial charge in [0.05, 0.1) is 22.2 Å². The molecule has 0 saturated carbocycles. The summed E-state index contributed by atoms with van der Waals surface area (Å²) in [5.74, 6) is 0.429. The van der Waals surface area contributed by atoms with E-state index in [2.05, 4.69) is 52.5 Å². The largest absolute Gasteiger partial charge is 0.351 e. The Morgan fingerprint density at radius 2 is 1.71 bits per heavy atom. The fraction of sp³-hybridized carbons (Fsp3) is 0.182. The fourth-order valence-corrected chi connectivity index (χ4v) is 4.56. The molecule has 0 spiro atoms. The number of amides is 2. The summed E-state index contributed by atoms with van der Waals surface area (Å²) in [6, 6.07) is 14.4. The van der Waals surface area contributed by atoms with Crippen LogP contribution in [-0.2, 0) is 0 Å². The highest BCUT2D eigenvalue weighted by Crippen LogP contribution is 2.28. The topological polar surface area (TPSA) is 52.9 Å². The number of carbonyl (C=O) groups excluding carboxylic acids is 1. The van der Waals surface area contributed by atoms with Crippen molar-refractivity contribution in [1.29, 1.82) is 0 Å². The Bertz CT molecular complexity index is 1300. The Hall–Kier alpha value is -2.65. The predicted octanol–water partition coefficient (Wildman–Crippen LogP) is 5.51. The average Bonchev–Trinajstić information content (AvgIpc) is 3.25. The van der Waals surface area contributed by atoms with Crippen LogP contribution < -0.4 is 10.2 Å². The molecule has 2 aromatic carbocycles. The Labute approximate surface area is 194 Å². The lowest BCUT2D eigenvalue weighted by molar-refractivity contribution is 0.208. The van der Waals surface area contributed by atoms with Crippen molar-refractivity contribution in [3.05, 3.63) is 69.5 Å². The zero-order chi connectivity index (χ0) is 21.5. The van der Waals surface area contributed by atoms with E-state index >= 15 is 0 Å². The molecule has 3 heterocycles. The number of hydrogen-bond donors (Lipinski definition) is 1. The molecule has 2 amide bonds. The quantitative estimate of drug-likeness (QED) is 0.361. The molecule has 0 aliphatic carbocycles. The predicted molar refractivity (Wildman–Crippen MR) is 127 cm³/mol. The van der Waals surface area contributed by atoms with Crippen LogP contribution in [0.3, 0.4) is 0 Å². The first-order valence-electron chi connectivity index (χ1n) is 9.82. The molecule has 4 aromatic rings. The number of fused-ring (bicyclic) bond motifs is 3. The summed E-state index contributed by atoms with van der Waals surface area (Å²) in [5, 5.41) is 2.67. The van der Waals surface area contributed by atoms with Gasteiger partial charge in [-0.05, 0) is 48.5 Å². The van der Waals surface area contributed by atoms with Crippen molar-refractivity contribution < 1.29 is 9.18 Å². The van der Waals surface area contributed by atoms with Crippen LogP contribution in [0.25, 0.3) is 16.6 Å². The van der Waals surface area contributed by atoms with Gasteiger partial charge in [0.15, 0.2) is 5.82 Å². The third kappa shape index (κ3) is 3.87. The van der Waals surface area contributed by atoms with Crippen molar-refractivity contribution in [3.63, 3.8) is 0 Å². The van der Waals surface area contributed by atoms with Crippen LogP contribution in [0.4, 0.5) is 20.7 Å². The van der Waals surface area contributed by atoms with Crippen LogP contribution in [-0.4, -0.2) is 46.5 Å². The van der Waals surface area contributed by atoms with E-state index in [9.17, 15) is 9.18 Å². The maximum Gasteiger partial charge on any atom is 0.322 e. The monoisotopic (exact) mass is 545 g/mol. The lowest BCUT2D eigenvalue weighted by Crippen LogP contribution is -2.50. The highest BCUT2D eigenvalue weighted by molar-refractivity contribution is 9.10. The number of nitrogens with zero attached hydrogens (tertiary/aromatic N) is 4. The van der Waals surface area contributed by atoms with E-state index in [1.807, 2.05) is 30.5 Å². The van der Waals surface area contributed by atoms with Crippen LogP contribution in [0, 0.1) is 5.82 Å². The van der Waals surface area contributed by atoms with Crippen molar-refractivity contribution >= 4 is 65.9 Å². The van der Waals surface area contributed by atoms with Gasteiger partial charge in [0, 0.05) is 41.3 Å². The van der Waals surface area contributed by atoms with Gasteiger partial charge in [-0.1, -0.05) is 31.9 Å². The third-order valence-corrected chi connectivity index (χ3v) is 6.43. The zero-order valence-electron chi connectivity index (χ0n) is 16.4. The second kappa shape index (κ2) is 8.12. The van der Waals surface area contributed by atoms with Crippen LogP contribution >= 0.6 is 31.9 Å². The molecule has 1 N–H and O–H groups in total. The van der Waals surface area contributed by atoms with Gasteiger partial charge in [0.2, 0.25) is 0 Å². The van der Waals surface area contributed by atoms with E-state index in [0.717, 1.165) is 26.8 Å². The van der Waals surface area contributed by atoms with Crippen LogP contribution in [0.15, 0.2) is 63.7 Å². The van der Waals surface area contributed by atoms with E-state index in [1.165, 1.54) is 6.07 Å². The summed E-state index contributed by atoms with van der Waals surface area (Å²) in [6.45, 7) is 2.33. The maximum atomic E-state index is 14.0. The lowest BCUT2D eigenvalue weighted by atomic mass is 10.2. The number of urea groups is 1. The summed E-state index contributed by atoms with van der Waals surface area (Å²) in [4.78, 5) is 21.4. The van der Waals surface area contributed by atoms with E-state index in [1.54, 1.807) is 17.0 Å². The zero-order valence-corrected chi connectivity index (χ0v) is 19.5. The van der Waals surface area contributed by atoms with E-state index < -0.39 is 5.82 Å². The highest BCUT2D eigenvalue weighted by Gasteiger charge is 2.24. The smallest absolute Gasteiger partial charge is 0.322 e. The van der Waals surface area contributed by atoms with Crippen molar-refractivity contribution in [2.75, 3.05) is 36.4 Å². The number of halogens is 3. The summed E-state index contributed by atoms with van der Waals surface area (Å²) in [5.41, 5.74) is 3.15. The molecule has 0 unspecified atom stereocenters. The molecular formula is C22H18Br2FN5O. The Morgan fingerprint density at radius 1 is 0.968 bits per heavy atom. The molecule has 0 bridgehead atoms. The van der Waals surface area contributed by atoms with Gasteiger partial charge >= 0.3 is 6.03 Å². The van der Waals surface area contributed by atoms with Crippen LogP contribution in [0.1, 0.15) is 0 Å². The molecule has 1 aliphatic heterocycles. The minimum Gasteiger partial charge on any atom is -0.351 e. The maximum absolute atomic E-state index is 14.0. The van der Waals surface area contributed by atoms with Crippen LogP contribution in [0.2, 0.25) is 0 Å². The van der Waals surface area contributed by atoms with Gasteiger partial charge in [0.1, 0.15) is 5.82 Å². The van der Waals surface area contributed by atoms with Crippen molar-refractivity contribution in [3.8, 4) is 0 Å². The standard InChI is InChI=1S/C22H18Br2FN5O/c23-14-3-5-17(16(25)12-14)27-22(31)29-10-8-28(9-11-29)21-20-2-1-7-30(20)19-6-4-15(24)13-18(19)26-21/h1-7,12-13H,8-11H2,(H,27,31). The second-order valence-electron chi connectivity index (χ2n) is 7.36. The molecule has 0 radical (unpaired) electrons. The van der Waals surface area contributed by atoms with Gasteiger partial charge in [-0.2, -0.15) is 0 Å². The number of rotatable bonds is 2. The minimum atomic E-state index is -0.469. The first kappa shape index (κ1) is 20.3. The van der Waals surface area contributed by atoms with E-state index in [0.29, 0.717) is 30.7 Å². The van der Waals surface area contributed by atoms with E-state index in [4.69, 9.17) is 4.98 Å². The lowest BCUT2D eigenvalue weighted by Gasteiger charge is -2.35. The summed E-state index contributed by atoms with van der Waals surface area (Å²) < 4.78 is 17.8. The molecule has 5 rings (SSSR count). The number of piperazine rings is 1. The molecule has 0 atom stereocenters. The molecular weight excluding hydrogens is 529 g/mol. The number of carbonyl (C=O) groups is 1. The van der Waals surface area contributed by atoms with Crippen molar-refractivity contribution in [2.45, 2.75) is 0 Å². The van der Waals surface area contributed by atoms with Gasteiger partial charge in [0.25, 0.3) is 0 Å². The minimum absolute atomic E-state index is 0.173. The van der Waals surface area contributed by atoms with Gasteiger partial charge in [-0.25, -0.2) is 14.2 Å². The van der Waals surface area contributed by atoms with Gasteiger partial charge in [-0.15, -0.1) is 0 Å². The Balaban J connectivity index is 1.35. The number of anilines is 2. The summed E-state index contributed by atoms with van der Waals surface area (Å²) in [6.07, 6.45) is 2.03. The van der Waals surface area contributed by atoms with Crippen molar-refractivity contribution in [1.82, 2.24) is 14.3 Å². The Kier molecular flexibility index (Phi) is 5.31. The number of aromatic nitrogens is 2. The van der Waals surface area contributed by atoms with E-state index in [-0.39, 0.29) is 11.7 Å². The summed E-state index contributed by atoms with van der Waals surface area (Å²) >= 11 is 6.75. The highest BCUT2D eigenvalue weighted by atomic mass is 79.9. The number of nitrogens with one attached hydrogen (secondary N) is 1. The number of benzene rings is 2. The average molecular weight is 547 g/mol. The SMILES string of the molecule is O=C(Nc1ccc(Br)cc1F)N1CCN(c2nc3cc(Br)ccc3n3cccc23)CC1.